The van der Waals surface area contributed by atoms with E-state index < -0.39 is 12.6 Å². The van der Waals surface area contributed by atoms with E-state index in [9.17, 15) is 13.2 Å². The molecule has 0 radical (unpaired) electrons. The van der Waals surface area contributed by atoms with E-state index >= 15 is 0 Å². The Kier molecular flexibility index (Phi) is 4.50. The maximum Gasteiger partial charge on any atom is 0.394 e. The summed E-state index contributed by atoms with van der Waals surface area (Å²) in [5.41, 5.74) is 2.38. The largest absolute Gasteiger partial charge is 0.394 e. The average molecular weight is 321 g/mol. The van der Waals surface area contributed by atoms with Crippen molar-refractivity contribution in [3.05, 3.63) is 53.4 Å². The van der Waals surface area contributed by atoms with E-state index in [4.69, 9.17) is 0 Å². The minimum Gasteiger partial charge on any atom is -0.244 e. The molecule has 1 heterocycles. The van der Waals surface area contributed by atoms with Crippen LogP contribution in [-0.4, -0.2) is 21.2 Å². The Balaban J connectivity index is 1.95. The number of alkyl halides is 3. The second-order valence-corrected chi connectivity index (χ2v) is 5.80. The molecule has 1 aromatic heterocycles. The lowest BCUT2D eigenvalue weighted by Crippen LogP contribution is -2.18. The Morgan fingerprint density at radius 2 is 1.87 bits per heavy atom. The van der Waals surface area contributed by atoms with Crippen molar-refractivity contribution in [3.63, 3.8) is 0 Å². The summed E-state index contributed by atoms with van der Waals surface area (Å²) >= 11 is 0. The number of aromatic nitrogens is 3. The highest BCUT2D eigenvalue weighted by Gasteiger charge is 2.32. The molecule has 0 unspecified atom stereocenters. The molecule has 1 aliphatic carbocycles. The zero-order valence-corrected chi connectivity index (χ0v) is 12.7. The zero-order valence-electron chi connectivity index (χ0n) is 12.7. The monoisotopic (exact) mass is 321 g/mol. The third kappa shape index (κ3) is 4.00. The highest BCUT2D eigenvalue weighted by molar-refractivity contribution is 5.64. The van der Waals surface area contributed by atoms with Crippen LogP contribution in [0.3, 0.4) is 0 Å². The summed E-state index contributed by atoms with van der Waals surface area (Å²) in [6.07, 6.45) is 0.459. The van der Waals surface area contributed by atoms with Crippen molar-refractivity contribution in [2.75, 3.05) is 0 Å². The lowest BCUT2D eigenvalue weighted by atomic mass is 9.95. The summed E-state index contributed by atoms with van der Waals surface area (Å²) in [5.74, 6) is 0. The van der Waals surface area contributed by atoms with Gasteiger partial charge < -0.3 is 0 Å². The van der Waals surface area contributed by atoms with Gasteiger partial charge in [0.05, 0.1) is 18.7 Å². The van der Waals surface area contributed by atoms with Crippen LogP contribution in [0.15, 0.2) is 36.4 Å². The second kappa shape index (κ2) is 6.56. The minimum atomic E-state index is -4.28. The van der Waals surface area contributed by atoms with Crippen molar-refractivity contribution in [1.82, 2.24) is 15.0 Å². The molecule has 3 nitrogen and oxygen atoms in total. The van der Waals surface area contributed by atoms with Gasteiger partial charge in [-0.3, -0.25) is 0 Å². The van der Waals surface area contributed by atoms with Gasteiger partial charge in [0.2, 0.25) is 0 Å². The first-order valence-electron chi connectivity index (χ1n) is 7.75. The zero-order chi connectivity index (χ0) is 16.3. The molecule has 0 bridgehead atoms. The summed E-state index contributed by atoms with van der Waals surface area (Å²) in [6, 6.07) is 9.34. The molecule has 0 fully saturated rings. The molecule has 0 atom stereocenters. The Bertz CT molecular complexity index is 687. The average Bonchev–Trinajstić information content (AvgIpc) is 2.90. The molecular formula is C17H18F3N3. The molecule has 1 aliphatic rings. The van der Waals surface area contributed by atoms with Crippen LogP contribution in [0.4, 0.5) is 13.2 Å². The number of nitrogens with zero attached hydrogens (tertiary/aromatic N) is 3. The molecule has 122 valence electrons. The smallest absolute Gasteiger partial charge is 0.244 e. The van der Waals surface area contributed by atoms with Crippen molar-refractivity contribution in [2.45, 2.75) is 44.8 Å². The van der Waals surface area contributed by atoms with Gasteiger partial charge in [0, 0.05) is 0 Å². The van der Waals surface area contributed by atoms with Crippen molar-refractivity contribution in [2.24, 2.45) is 0 Å². The molecule has 6 heteroatoms. The molecular weight excluding hydrogens is 303 g/mol. The van der Waals surface area contributed by atoms with Crippen molar-refractivity contribution >= 4 is 5.57 Å². The second-order valence-electron chi connectivity index (χ2n) is 5.80. The fourth-order valence-corrected chi connectivity index (χ4v) is 2.88. The Morgan fingerprint density at radius 3 is 2.52 bits per heavy atom. The molecule has 0 amide bonds. The number of halogens is 3. The van der Waals surface area contributed by atoms with Crippen LogP contribution in [0.25, 0.3) is 5.57 Å². The normalized spacial score (nSPS) is 15.5. The van der Waals surface area contributed by atoms with Crippen LogP contribution in [0.1, 0.15) is 42.6 Å². The van der Waals surface area contributed by atoms with E-state index in [1.807, 2.05) is 36.4 Å². The van der Waals surface area contributed by atoms with Gasteiger partial charge in [-0.05, 0) is 36.8 Å². The van der Waals surface area contributed by atoms with Gasteiger partial charge in [-0.15, -0.1) is 5.10 Å². The number of rotatable bonds is 4. The summed E-state index contributed by atoms with van der Waals surface area (Å²) in [6.45, 7) is 0.298. The van der Waals surface area contributed by atoms with Crippen LogP contribution < -0.4 is 0 Å². The standard InChI is InChI=1S/C17H18F3N3/c18-17(19,20)11-15-16(14-9-5-2-6-10-14)21-22-23(15)12-13-7-3-1-4-8-13/h1,3-4,7-9H,2,5-6,10-12H2. The third-order valence-electron chi connectivity index (χ3n) is 3.98. The van der Waals surface area contributed by atoms with Gasteiger partial charge in [0.25, 0.3) is 0 Å². The number of allylic oxidation sites excluding steroid dienone is 2. The molecule has 23 heavy (non-hydrogen) atoms. The van der Waals surface area contributed by atoms with Gasteiger partial charge in [-0.2, -0.15) is 13.2 Å². The predicted octanol–water partition coefficient (Wildman–Crippen LogP) is 4.39. The van der Waals surface area contributed by atoms with Gasteiger partial charge in [-0.25, -0.2) is 4.68 Å². The lowest BCUT2D eigenvalue weighted by molar-refractivity contribution is -0.128. The Labute approximate surface area is 132 Å². The van der Waals surface area contributed by atoms with Crippen LogP contribution in [0.5, 0.6) is 0 Å². The van der Waals surface area contributed by atoms with E-state index in [2.05, 4.69) is 10.3 Å². The first-order valence-corrected chi connectivity index (χ1v) is 7.75. The molecule has 0 saturated heterocycles. The minimum absolute atomic E-state index is 0.162. The maximum absolute atomic E-state index is 13.0. The van der Waals surface area contributed by atoms with E-state index in [0.717, 1.165) is 36.8 Å². The number of benzene rings is 1. The van der Waals surface area contributed by atoms with Gasteiger partial charge in [0.15, 0.2) is 0 Å². The van der Waals surface area contributed by atoms with E-state index in [1.165, 1.54) is 4.68 Å². The summed E-state index contributed by atoms with van der Waals surface area (Å²) in [5, 5.41) is 8.06. The molecule has 3 rings (SSSR count). The summed E-state index contributed by atoms with van der Waals surface area (Å²) in [7, 11) is 0. The van der Waals surface area contributed by atoms with Crippen molar-refractivity contribution < 1.29 is 13.2 Å². The van der Waals surface area contributed by atoms with Crippen LogP contribution >= 0.6 is 0 Å². The molecule has 0 aliphatic heterocycles. The molecule has 0 saturated carbocycles. The van der Waals surface area contributed by atoms with E-state index in [0.29, 0.717) is 12.2 Å². The number of hydrogen-bond acceptors (Lipinski definition) is 2. The Morgan fingerprint density at radius 1 is 1.09 bits per heavy atom. The molecule has 1 aromatic carbocycles. The Hall–Kier alpha value is -2.11. The van der Waals surface area contributed by atoms with E-state index in [1.54, 1.807) is 0 Å². The summed E-state index contributed by atoms with van der Waals surface area (Å²) in [4.78, 5) is 0. The summed E-state index contributed by atoms with van der Waals surface area (Å²) < 4.78 is 40.4. The first kappa shape index (κ1) is 15.8. The fraction of sp³-hybridized carbons (Fsp3) is 0.412. The highest BCUT2D eigenvalue weighted by Crippen LogP contribution is 2.31. The highest BCUT2D eigenvalue weighted by atomic mass is 19.4. The third-order valence-corrected chi connectivity index (χ3v) is 3.98. The van der Waals surface area contributed by atoms with Crippen LogP contribution in [0, 0.1) is 0 Å². The maximum atomic E-state index is 13.0. The van der Waals surface area contributed by atoms with Crippen molar-refractivity contribution in [3.8, 4) is 0 Å². The van der Waals surface area contributed by atoms with Crippen molar-refractivity contribution in [1.29, 1.82) is 0 Å². The molecule has 2 aromatic rings. The quantitative estimate of drug-likeness (QED) is 0.836. The van der Waals surface area contributed by atoms with Gasteiger partial charge in [0.1, 0.15) is 5.69 Å². The fourth-order valence-electron chi connectivity index (χ4n) is 2.88. The first-order chi connectivity index (χ1) is 11.0. The topological polar surface area (TPSA) is 30.7 Å². The van der Waals surface area contributed by atoms with Gasteiger partial charge in [-0.1, -0.05) is 41.6 Å². The SMILES string of the molecule is FC(F)(F)Cc1c(C2=CCCCC2)nnn1Cc1ccccc1. The van der Waals surface area contributed by atoms with Crippen LogP contribution in [-0.2, 0) is 13.0 Å². The van der Waals surface area contributed by atoms with E-state index in [-0.39, 0.29) is 5.69 Å². The molecule has 0 spiro atoms. The van der Waals surface area contributed by atoms with Gasteiger partial charge >= 0.3 is 6.18 Å². The molecule has 0 N–H and O–H groups in total. The number of hydrogen-bond donors (Lipinski definition) is 0. The van der Waals surface area contributed by atoms with Crippen LogP contribution in [0.2, 0.25) is 0 Å². The predicted molar refractivity (Wildman–Crippen MR) is 81.8 cm³/mol. The lowest BCUT2D eigenvalue weighted by Gasteiger charge is -2.14.